The van der Waals surface area contributed by atoms with Crippen molar-refractivity contribution in [2.45, 2.75) is 38.5 Å². The molecule has 3 heteroatoms. The number of hydrogen-bond acceptors (Lipinski definition) is 3. The molecule has 0 amide bonds. The third-order valence-electron chi connectivity index (χ3n) is 11.7. The van der Waals surface area contributed by atoms with Crippen LogP contribution in [0.25, 0.3) is 78.7 Å². The van der Waals surface area contributed by atoms with Gasteiger partial charge in [-0.25, -0.2) is 15.0 Å². The van der Waals surface area contributed by atoms with Gasteiger partial charge in [-0.1, -0.05) is 167 Å². The molecule has 8 aromatic rings. The summed E-state index contributed by atoms with van der Waals surface area (Å²) in [6.45, 7) is 9.31. The first-order valence-electron chi connectivity index (χ1n) is 18.8. The summed E-state index contributed by atoms with van der Waals surface area (Å²) in [6, 6.07) is 58.8. The van der Waals surface area contributed by atoms with E-state index in [1.165, 1.54) is 55.6 Å². The van der Waals surface area contributed by atoms with Crippen molar-refractivity contribution in [3.8, 4) is 78.7 Å². The lowest BCUT2D eigenvalue weighted by atomic mass is 9.81. The number of nitrogens with zero attached hydrogens (tertiary/aromatic N) is 3. The highest BCUT2D eigenvalue weighted by atomic mass is 15.0. The fourth-order valence-electron chi connectivity index (χ4n) is 8.79. The molecule has 1 heterocycles. The molecule has 10 rings (SSSR count). The Morgan fingerprint density at radius 1 is 0.278 bits per heavy atom. The first kappa shape index (κ1) is 32.2. The Labute approximate surface area is 317 Å². The van der Waals surface area contributed by atoms with Crippen molar-refractivity contribution in [1.29, 1.82) is 0 Å². The molecule has 7 aromatic carbocycles. The molecule has 3 nitrogen and oxygen atoms in total. The van der Waals surface area contributed by atoms with E-state index in [1.807, 2.05) is 18.2 Å². The van der Waals surface area contributed by atoms with Gasteiger partial charge in [0.25, 0.3) is 0 Å². The Morgan fingerprint density at radius 3 is 1.11 bits per heavy atom. The zero-order chi connectivity index (χ0) is 36.6. The first-order valence-corrected chi connectivity index (χ1v) is 18.8. The first-order chi connectivity index (χ1) is 26.3. The van der Waals surface area contributed by atoms with Gasteiger partial charge in [0.1, 0.15) is 0 Å². The van der Waals surface area contributed by atoms with Gasteiger partial charge in [-0.2, -0.15) is 0 Å². The van der Waals surface area contributed by atoms with E-state index in [0.717, 1.165) is 27.8 Å². The van der Waals surface area contributed by atoms with E-state index in [9.17, 15) is 0 Å². The second-order valence-corrected chi connectivity index (χ2v) is 15.7. The molecule has 0 atom stereocenters. The molecule has 0 aliphatic heterocycles. The van der Waals surface area contributed by atoms with Crippen LogP contribution in [0, 0.1) is 0 Å². The molecule has 0 radical (unpaired) electrons. The average Bonchev–Trinajstić information content (AvgIpc) is 3.60. The van der Waals surface area contributed by atoms with Gasteiger partial charge >= 0.3 is 0 Å². The van der Waals surface area contributed by atoms with E-state index in [2.05, 4.69) is 173 Å². The standard InChI is InChI=1S/C51H39N3/c1-50(2)43-22-10-8-20-39(43)41-26-24-35(30-45(41)50)33-16-12-18-37(28-33)48-52-47(32-14-6-5-7-15-32)53-49(54-48)38-19-13-17-34(29-38)36-25-27-42-40-21-9-11-23-44(40)51(3,4)46(42)31-36/h5-31H,1-4H3. The van der Waals surface area contributed by atoms with Crippen LogP contribution in [0.15, 0.2) is 164 Å². The number of rotatable bonds is 5. The molecule has 0 bridgehead atoms. The normalized spacial score (nSPS) is 14.2. The van der Waals surface area contributed by atoms with Gasteiger partial charge in [-0.3, -0.25) is 0 Å². The minimum absolute atomic E-state index is 0.0667. The largest absolute Gasteiger partial charge is 0.208 e. The van der Waals surface area contributed by atoms with Crippen molar-refractivity contribution in [2.24, 2.45) is 0 Å². The predicted octanol–water partition coefficient (Wildman–Crippen LogP) is 12.8. The van der Waals surface area contributed by atoms with Crippen molar-refractivity contribution in [2.75, 3.05) is 0 Å². The molecular formula is C51H39N3. The fraction of sp³-hybridized carbons (Fsp3) is 0.118. The summed E-state index contributed by atoms with van der Waals surface area (Å²) in [6.07, 6.45) is 0. The monoisotopic (exact) mass is 693 g/mol. The summed E-state index contributed by atoms with van der Waals surface area (Å²) < 4.78 is 0. The number of hydrogen-bond donors (Lipinski definition) is 0. The topological polar surface area (TPSA) is 38.7 Å². The lowest BCUT2D eigenvalue weighted by Gasteiger charge is -2.22. The van der Waals surface area contributed by atoms with Crippen molar-refractivity contribution in [3.05, 3.63) is 186 Å². The molecule has 258 valence electrons. The molecule has 1 aromatic heterocycles. The summed E-state index contributed by atoms with van der Waals surface area (Å²) in [5.41, 5.74) is 18.1. The minimum Gasteiger partial charge on any atom is -0.208 e. The molecule has 0 N–H and O–H groups in total. The van der Waals surface area contributed by atoms with E-state index in [1.54, 1.807) is 0 Å². The van der Waals surface area contributed by atoms with Crippen LogP contribution in [-0.4, -0.2) is 15.0 Å². The molecule has 0 unspecified atom stereocenters. The van der Waals surface area contributed by atoms with Crippen LogP contribution in [0.4, 0.5) is 0 Å². The van der Waals surface area contributed by atoms with Gasteiger partial charge in [0.2, 0.25) is 0 Å². The van der Waals surface area contributed by atoms with Crippen LogP contribution in [0.5, 0.6) is 0 Å². The van der Waals surface area contributed by atoms with Gasteiger partial charge in [0, 0.05) is 27.5 Å². The summed E-state index contributed by atoms with van der Waals surface area (Å²) in [5.74, 6) is 1.95. The second kappa shape index (κ2) is 12.0. The summed E-state index contributed by atoms with van der Waals surface area (Å²) in [7, 11) is 0. The van der Waals surface area contributed by atoms with Gasteiger partial charge in [-0.05, 0) is 91.0 Å². The molecule has 0 saturated heterocycles. The zero-order valence-corrected chi connectivity index (χ0v) is 30.9. The minimum atomic E-state index is -0.0667. The number of fused-ring (bicyclic) bond motifs is 6. The Bertz CT molecular complexity index is 2610. The lowest BCUT2D eigenvalue weighted by Crippen LogP contribution is -2.14. The van der Waals surface area contributed by atoms with E-state index >= 15 is 0 Å². The van der Waals surface area contributed by atoms with Crippen LogP contribution < -0.4 is 0 Å². The average molecular weight is 694 g/mol. The van der Waals surface area contributed by atoms with Crippen molar-refractivity contribution in [3.63, 3.8) is 0 Å². The van der Waals surface area contributed by atoms with Crippen LogP contribution >= 0.6 is 0 Å². The third-order valence-corrected chi connectivity index (χ3v) is 11.7. The summed E-state index contributed by atoms with van der Waals surface area (Å²) >= 11 is 0. The maximum Gasteiger partial charge on any atom is 0.164 e. The SMILES string of the molecule is CC1(C)c2ccccc2-c2ccc(-c3cccc(-c4nc(-c5ccccc5)nc(-c5cccc(-c6ccc7c(c6)C(C)(C)c6ccccc6-7)c5)n4)c3)cc21. The van der Waals surface area contributed by atoms with E-state index in [0.29, 0.717) is 17.5 Å². The van der Waals surface area contributed by atoms with Crippen molar-refractivity contribution < 1.29 is 0 Å². The molecule has 54 heavy (non-hydrogen) atoms. The summed E-state index contributed by atoms with van der Waals surface area (Å²) in [4.78, 5) is 15.3. The molecular weight excluding hydrogens is 655 g/mol. The smallest absolute Gasteiger partial charge is 0.164 e. The van der Waals surface area contributed by atoms with Crippen molar-refractivity contribution >= 4 is 0 Å². The maximum absolute atomic E-state index is 5.16. The molecule has 0 fully saturated rings. The van der Waals surface area contributed by atoms with Crippen molar-refractivity contribution in [1.82, 2.24) is 15.0 Å². The highest BCUT2D eigenvalue weighted by Gasteiger charge is 2.36. The van der Waals surface area contributed by atoms with E-state index < -0.39 is 0 Å². The van der Waals surface area contributed by atoms with Crippen LogP contribution in [0.2, 0.25) is 0 Å². The zero-order valence-electron chi connectivity index (χ0n) is 30.9. The van der Waals surface area contributed by atoms with E-state index in [-0.39, 0.29) is 10.8 Å². The second-order valence-electron chi connectivity index (χ2n) is 15.7. The Kier molecular flexibility index (Phi) is 7.19. The van der Waals surface area contributed by atoms with E-state index in [4.69, 9.17) is 15.0 Å². The highest BCUT2D eigenvalue weighted by Crippen LogP contribution is 2.51. The lowest BCUT2D eigenvalue weighted by molar-refractivity contribution is 0.660. The van der Waals surface area contributed by atoms with Gasteiger partial charge in [0.15, 0.2) is 17.5 Å². The molecule has 0 spiro atoms. The van der Waals surface area contributed by atoms with Crippen LogP contribution in [-0.2, 0) is 10.8 Å². The Balaban J connectivity index is 1.05. The number of aromatic nitrogens is 3. The third kappa shape index (κ3) is 5.07. The maximum atomic E-state index is 5.16. The predicted molar refractivity (Wildman–Crippen MR) is 222 cm³/mol. The Hall–Kier alpha value is -6.45. The summed E-state index contributed by atoms with van der Waals surface area (Å²) in [5, 5.41) is 0. The quantitative estimate of drug-likeness (QED) is 0.180. The van der Waals surface area contributed by atoms with Gasteiger partial charge < -0.3 is 0 Å². The molecule has 0 saturated carbocycles. The molecule has 2 aliphatic rings. The van der Waals surface area contributed by atoms with Gasteiger partial charge in [0.05, 0.1) is 0 Å². The van der Waals surface area contributed by atoms with Gasteiger partial charge in [-0.15, -0.1) is 0 Å². The highest BCUT2D eigenvalue weighted by molar-refractivity contribution is 5.86. The number of benzene rings is 7. The molecule has 2 aliphatic carbocycles. The fourth-order valence-corrected chi connectivity index (χ4v) is 8.79. The van der Waals surface area contributed by atoms with Crippen LogP contribution in [0.3, 0.4) is 0 Å². The van der Waals surface area contributed by atoms with Crippen LogP contribution in [0.1, 0.15) is 49.9 Å². The Morgan fingerprint density at radius 2 is 0.630 bits per heavy atom.